The molecule has 1 aromatic rings. The van der Waals surface area contributed by atoms with Gasteiger partial charge in [0.15, 0.2) is 0 Å². The Hall–Kier alpha value is -1.84. The van der Waals surface area contributed by atoms with Crippen LogP contribution in [0.25, 0.3) is 0 Å². The van der Waals surface area contributed by atoms with E-state index in [9.17, 15) is 9.59 Å². The van der Waals surface area contributed by atoms with Crippen LogP contribution in [0.5, 0.6) is 0 Å². The van der Waals surface area contributed by atoms with Crippen molar-refractivity contribution >= 4 is 11.9 Å². The molecule has 0 fully saturated rings. The number of aryl methyl sites for hydroxylation is 3. The number of esters is 2. The monoisotopic (exact) mass is 320 g/mol. The fraction of sp³-hybridized carbons (Fsp3) is 0.579. The highest BCUT2D eigenvalue weighted by Gasteiger charge is 2.05. The molecule has 1 aromatic carbocycles. The normalized spacial score (nSPS) is 10.4. The Morgan fingerprint density at radius 2 is 1.26 bits per heavy atom. The molecule has 0 unspecified atom stereocenters. The van der Waals surface area contributed by atoms with Crippen LogP contribution in [0.15, 0.2) is 18.2 Å². The Kier molecular flexibility index (Phi) is 9.03. The van der Waals surface area contributed by atoms with Crippen molar-refractivity contribution in [1.82, 2.24) is 0 Å². The van der Waals surface area contributed by atoms with Crippen molar-refractivity contribution in [1.29, 1.82) is 0 Å². The molecular weight excluding hydrogens is 292 g/mol. The van der Waals surface area contributed by atoms with Gasteiger partial charge < -0.3 is 9.47 Å². The van der Waals surface area contributed by atoms with E-state index in [-0.39, 0.29) is 11.9 Å². The average molecular weight is 320 g/mol. The first-order chi connectivity index (χ1) is 11.0. The summed E-state index contributed by atoms with van der Waals surface area (Å²) in [7, 11) is 0. The Morgan fingerprint density at radius 3 is 1.65 bits per heavy atom. The van der Waals surface area contributed by atoms with Crippen LogP contribution >= 0.6 is 0 Å². The Labute approximate surface area is 139 Å². The lowest BCUT2D eigenvalue weighted by molar-refractivity contribution is -0.144. The molecule has 1 rings (SSSR count). The van der Waals surface area contributed by atoms with Crippen LogP contribution in [0.1, 0.15) is 56.2 Å². The van der Waals surface area contributed by atoms with Gasteiger partial charge >= 0.3 is 11.9 Å². The molecule has 0 radical (unpaired) electrons. The molecule has 23 heavy (non-hydrogen) atoms. The van der Waals surface area contributed by atoms with E-state index in [0.717, 1.165) is 25.7 Å². The molecule has 0 N–H and O–H groups in total. The maximum absolute atomic E-state index is 11.4. The lowest BCUT2D eigenvalue weighted by Crippen LogP contribution is -2.05. The second-order valence-electron chi connectivity index (χ2n) is 5.64. The Morgan fingerprint density at radius 1 is 0.826 bits per heavy atom. The average Bonchev–Trinajstić information content (AvgIpc) is 2.47. The first-order valence-corrected chi connectivity index (χ1v) is 8.45. The van der Waals surface area contributed by atoms with Crippen molar-refractivity contribution in [2.24, 2.45) is 0 Å². The van der Waals surface area contributed by atoms with E-state index in [1.807, 2.05) is 13.8 Å². The summed E-state index contributed by atoms with van der Waals surface area (Å²) in [5, 5.41) is 0. The van der Waals surface area contributed by atoms with Gasteiger partial charge in [-0.2, -0.15) is 0 Å². The third-order valence-electron chi connectivity index (χ3n) is 3.50. The minimum absolute atomic E-state index is 0.130. The number of carbonyl (C=O) groups excluding carboxylic acids is 2. The fourth-order valence-corrected chi connectivity index (χ4v) is 2.58. The number of carbonyl (C=O) groups is 2. The van der Waals surface area contributed by atoms with Crippen LogP contribution in [0.4, 0.5) is 0 Å². The summed E-state index contributed by atoms with van der Waals surface area (Å²) in [6, 6.07) is 6.48. The largest absolute Gasteiger partial charge is 0.466 e. The third-order valence-corrected chi connectivity index (χ3v) is 3.50. The summed E-state index contributed by atoms with van der Waals surface area (Å²) < 4.78 is 9.88. The Balaban J connectivity index is 2.45. The smallest absolute Gasteiger partial charge is 0.305 e. The SMILES string of the molecule is CCOC(=O)CCCc1cc(C)cc(CCCC(=O)OCC)c1. The summed E-state index contributed by atoms with van der Waals surface area (Å²) in [6.45, 7) is 6.59. The summed E-state index contributed by atoms with van der Waals surface area (Å²) in [5.74, 6) is -0.260. The number of ether oxygens (including phenoxy) is 2. The first-order valence-electron chi connectivity index (χ1n) is 8.45. The topological polar surface area (TPSA) is 52.6 Å². The lowest BCUT2D eigenvalue weighted by Gasteiger charge is -2.08. The van der Waals surface area contributed by atoms with Gasteiger partial charge in [0, 0.05) is 12.8 Å². The maximum atomic E-state index is 11.4. The predicted octanol–water partition coefficient (Wildman–Crippen LogP) is 3.77. The maximum Gasteiger partial charge on any atom is 0.305 e. The van der Waals surface area contributed by atoms with Crippen molar-refractivity contribution < 1.29 is 19.1 Å². The van der Waals surface area contributed by atoms with Crippen LogP contribution in [0, 0.1) is 6.92 Å². The predicted molar refractivity (Wildman–Crippen MR) is 90.3 cm³/mol. The van der Waals surface area contributed by atoms with Crippen molar-refractivity contribution in [2.45, 2.75) is 59.3 Å². The quantitative estimate of drug-likeness (QED) is 0.616. The minimum Gasteiger partial charge on any atom is -0.466 e. The molecule has 0 saturated heterocycles. The van der Waals surface area contributed by atoms with Gasteiger partial charge in [-0.1, -0.05) is 23.8 Å². The van der Waals surface area contributed by atoms with Crippen molar-refractivity contribution in [3.8, 4) is 0 Å². The molecule has 0 bridgehead atoms. The van der Waals surface area contributed by atoms with E-state index < -0.39 is 0 Å². The second-order valence-corrected chi connectivity index (χ2v) is 5.64. The highest BCUT2D eigenvalue weighted by atomic mass is 16.5. The van der Waals surface area contributed by atoms with Crippen molar-refractivity contribution in [3.05, 3.63) is 34.9 Å². The molecule has 0 aliphatic heterocycles. The van der Waals surface area contributed by atoms with Gasteiger partial charge in [0.2, 0.25) is 0 Å². The van der Waals surface area contributed by atoms with E-state index in [4.69, 9.17) is 9.47 Å². The standard InChI is InChI=1S/C19H28O4/c1-4-22-18(20)10-6-8-16-12-15(3)13-17(14-16)9-7-11-19(21)23-5-2/h12-14H,4-11H2,1-3H3. The molecule has 0 saturated carbocycles. The zero-order valence-corrected chi connectivity index (χ0v) is 14.5. The zero-order chi connectivity index (χ0) is 17.1. The molecule has 0 aliphatic rings. The van der Waals surface area contributed by atoms with Gasteiger partial charge in [0.1, 0.15) is 0 Å². The van der Waals surface area contributed by atoms with Crippen LogP contribution in [0.2, 0.25) is 0 Å². The van der Waals surface area contributed by atoms with Crippen molar-refractivity contribution in [2.75, 3.05) is 13.2 Å². The molecule has 0 heterocycles. The first kappa shape index (κ1) is 19.2. The second kappa shape index (κ2) is 10.8. The molecule has 0 amide bonds. The van der Waals surface area contributed by atoms with E-state index in [2.05, 4.69) is 25.1 Å². The number of benzene rings is 1. The van der Waals surface area contributed by atoms with Crippen molar-refractivity contribution in [3.63, 3.8) is 0 Å². The van der Waals surface area contributed by atoms with E-state index in [0.29, 0.717) is 26.1 Å². The van der Waals surface area contributed by atoms with Crippen LogP contribution in [-0.2, 0) is 31.9 Å². The summed E-state index contributed by atoms with van der Waals surface area (Å²) in [6.07, 6.45) is 4.24. The fourth-order valence-electron chi connectivity index (χ4n) is 2.58. The molecule has 0 aliphatic carbocycles. The van der Waals surface area contributed by atoms with Gasteiger partial charge in [-0.05, 0) is 57.6 Å². The molecule has 0 spiro atoms. The molecule has 0 aromatic heterocycles. The van der Waals surface area contributed by atoms with Gasteiger partial charge in [-0.3, -0.25) is 9.59 Å². The molecule has 128 valence electrons. The minimum atomic E-state index is -0.130. The van der Waals surface area contributed by atoms with E-state index >= 15 is 0 Å². The number of hydrogen-bond acceptors (Lipinski definition) is 4. The van der Waals surface area contributed by atoms with Gasteiger partial charge in [-0.15, -0.1) is 0 Å². The summed E-state index contributed by atoms with van der Waals surface area (Å²) in [5.41, 5.74) is 3.69. The van der Waals surface area contributed by atoms with Crippen LogP contribution in [0.3, 0.4) is 0 Å². The molecular formula is C19H28O4. The highest BCUT2D eigenvalue weighted by Crippen LogP contribution is 2.15. The Bertz CT molecular complexity index is 466. The zero-order valence-electron chi connectivity index (χ0n) is 14.5. The third kappa shape index (κ3) is 8.38. The molecule has 4 nitrogen and oxygen atoms in total. The molecule has 4 heteroatoms. The van der Waals surface area contributed by atoms with Crippen LogP contribution in [-0.4, -0.2) is 25.2 Å². The number of rotatable bonds is 10. The summed E-state index contributed by atoms with van der Waals surface area (Å²) >= 11 is 0. The van der Waals surface area contributed by atoms with E-state index in [1.54, 1.807) is 0 Å². The van der Waals surface area contributed by atoms with Gasteiger partial charge in [0.25, 0.3) is 0 Å². The highest BCUT2D eigenvalue weighted by molar-refractivity contribution is 5.69. The van der Waals surface area contributed by atoms with Crippen LogP contribution < -0.4 is 0 Å². The van der Waals surface area contributed by atoms with E-state index in [1.165, 1.54) is 16.7 Å². The molecule has 0 atom stereocenters. The van der Waals surface area contributed by atoms with Gasteiger partial charge in [0.05, 0.1) is 13.2 Å². The number of hydrogen-bond donors (Lipinski definition) is 0. The summed E-state index contributed by atoms with van der Waals surface area (Å²) in [4.78, 5) is 22.7. The van der Waals surface area contributed by atoms with Gasteiger partial charge in [-0.25, -0.2) is 0 Å². The lowest BCUT2D eigenvalue weighted by atomic mass is 9.99.